The third-order valence-corrected chi connectivity index (χ3v) is 3.48. The van der Waals surface area contributed by atoms with Gasteiger partial charge in [0.1, 0.15) is 5.82 Å². The molecule has 0 spiro atoms. The predicted octanol–water partition coefficient (Wildman–Crippen LogP) is 3.23. The topological polar surface area (TPSA) is 55.1 Å². The van der Waals surface area contributed by atoms with Gasteiger partial charge in [0.15, 0.2) is 11.6 Å². The maximum Gasteiger partial charge on any atom is 0.231 e. The molecule has 114 valence electrons. The molecule has 0 aliphatic carbocycles. The van der Waals surface area contributed by atoms with Gasteiger partial charge in [0.25, 0.3) is 0 Å². The average Bonchev–Trinajstić information content (AvgIpc) is 2.38. The molecule has 0 radical (unpaired) electrons. The van der Waals surface area contributed by atoms with Crippen molar-refractivity contribution >= 4 is 24.0 Å². The van der Waals surface area contributed by atoms with Gasteiger partial charge in [-0.25, -0.2) is 13.2 Å². The lowest BCUT2D eigenvalue weighted by Crippen LogP contribution is -2.41. The molecule has 1 aromatic carbocycles. The molecule has 20 heavy (non-hydrogen) atoms. The lowest BCUT2D eigenvalue weighted by atomic mass is 9.81. The van der Waals surface area contributed by atoms with E-state index >= 15 is 0 Å². The van der Waals surface area contributed by atoms with Gasteiger partial charge in [-0.3, -0.25) is 4.79 Å². The minimum atomic E-state index is -1.30. The summed E-state index contributed by atoms with van der Waals surface area (Å²) < 4.78 is 39.3. The van der Waals surface area contributed by atoms with Crippen LogP contribution in [0.15, 0.2) is 12.1 Å². The first-order valence-electron chi connectivity index (χ1n) is 6.06. The molecule has 0 aromatic heterocycles. The maximum atomic E-state index is 13.4. The highest BCUT2D eigenvalue weighted by Gasteiger charge is 2.33. The minimum Gasteiger partial charge on any atom is -0.329 e. The Kier molecular flexibility index (Phi) is 7.02. The van der Waals surface area contributed by atoms with Crippen LogP contribution < -0.4 is 11.1 Å². The molecule has 0 bridgehead atoms. The standard InChI is InChI=1S/C13H17F3N2O.ClH/c1-3-13(4-2,7-17)12(19)18-11-6-9(15)8(14)5-10(11)16;/h5-6H,3-4,7,17H2,1-2H3,(H,18,19);1H. The highest BCUT2D eigenvalue weighted by atomic mass is 35.5. The predicted molar refractivity (Wildman–Crippen MR) is 74.3 cm³/mol. The van der Waals surface area contributed by atoms with Crippen LogP contribution in [-0.2, 0) is 4.79 Å². The number of amides is 1. The number of nitrogens with two attached hydrogens (primary N) is 1. The van der Waals surface area contributed by atoms with E-state index in [0.29, 0.717) is 25.0 Å². The molecule has 1 amide bonds. The second-order valence-corrected chi connectivity index (χ2v) is 4.39. The third-order valence-electron chi connectivity index (χ3n) is 3.48. The van der Waals surface area contributed by atoms with Gasteiger partial charge >= 0.3 is 0 Å². The molecule has 1 rings (SSSR count). The van der Waals surface area contributed by atoms with Gasteiger partial charge in [-0.1, -0.05) is 13.8 Å². The molecule has 3 nitrogen and oxygen atoms in total. The van der Waals surface area contributed by atoms with Crippen molar-refractivity contribution in [2.24, 2.45) is 11.1 Å². The van der Waals surface area contributed by atoms with Crippen molar-refractivity contribution in [1.29, 1.82) is 0 Å². The van der Waals surface area contributed by atoms with Gasteiger partial charge < -0.3 is 11.1 Å². The van der Waals surface area contributed by atoms with Crippen LogP contribution >= 0.6 is 12.4 Å². The average molecular weight is 311 g/mol. The van der Waals surface area contributed by atoms with Crippen LogP contribution in [0.3, 0.4) is 0 Å². The highest BCUT2D eigenvalue weighted by Crippen LogP contribution is 2.28. The zero-order valence-electron chi connectivity index (χ0n) is 11.3. The first-order chi connectivity index (χ1) is 8.90. The smallest absolute Gasteiger partial charge is 0.231 e. The summed E-state index contributed by atoms with van der Waals surface area (Å²) in [5, 5.41) is 2.27. The summed E-state index contributed by atoms with van der Waals surface area (Å²) in [6, 6.07) is 1.02. The Bertz CT molecular complexity index is 471. The number of nitrogens with one attached hydrogen (secondary N) is 1. The van der Waals surface area contributed by atoms with E-state index in [1.165, 1.54) is 0 Å². The lowest BCUT2D eigenvalue weighted by Gasteiger charge is -2.28. The van der Waals surface area contributed by atoms with Gasteiger partial charge in [0.2, 0.25) is 5.91 Å². The van der Waals surface area contributed by atoms with E-state index in [4.69, 9.17) is 5.73 Å². The van der Waals surface area contributed by atoms with Gasteiger partial charge in [-0.2, -0.15) is 0 Å². The second kappa shape index (κ2) is 7.50. The fourth-order valence-electron chi connectivity index (χ4n) is 1.83. The number of hydrogen-bond acceptors (Lipinski definition) is 2. The summed E-state index contributed by atoms with van der Waals surface area (Å²) in [7, 11) is 0. The molecule has 0 unspecified atom stereocenters. The molecular weight excluding hydrogens is 293 g/mol. The summed E-state index contributed by atoms with van der Waals surface area (Å²) in [5.74, 6) is -4.04. The number of benzene rings is 1. The van der Waals surface area contributed by atoms with Crippen LogP contribution in [0.4, 0.5) is 18.9 Å². The zero-order valence-corrected chi connectivity index (χ0v) is 12.1. The normalized spacial score (nSPS) is 10.9. The molecule has 0 saturated heterocycles. The molecule has 0 aliphatic rings. The Morgan fingerprint density at radius 1 is 1.15 bits per heavy atom. The van der Waals surface area contributed by atoms with Gasteiger partial charge in [0, 0.05) is 18.7 Å². The molecule has 1 aromatic rings. The summed E-state index contributed by atoms with van der Waals surface area (Å²) in [6.45, 7) is 3.67. The Labute approximate surface area is 122 Å². The molecule has 0 atom stereocenters. The number of carbonyl (C=O) groups is 1. The van der Waals surface area contributed by atoms with Crippen LogP contribution in [-0.4, -0.2) is 12.5 Å². The van der Waals surface area contributed by atoms with Crippen molar-refractivity contribution in [2.75, 3.05) is 11.9 Å². The lowest BCUT2D eigenvalue weighted by molar-refractivity contribution is -0.125. The Morgan fingerprint density at radius 3 is 2.10 bits per heavy atom. The van der Waals surface area contributed by atoms with E-state index < -0.39 is 28.8 Å². The number of anilines is 1. The van der Waals surface area contributed by atoms with Crippen LogP contribution in [0.2, 0.25) is 0 Å². The maximum absolute atomic E-state index is 13.4. The fourth-order valence-corrected chi connectivity index (χ4v) is 1.83. The van der Waals surface area contributed by atoms with Gasteiger partial charge in [0.05, 0.1) is 11.1 Å². The minimum absolute atomic E-state index is 0. The SMILES string of the molecule is CCC(CC)(CN)C(=O)Nc1cc(F)c(F)cc1F.Cl. The number of halogens is 4. The van der Waals surface area contributed by atoms with E-state index in [1.54, 1.807) is 13.8 Å². The summed E-state index contributed by atoms with van der Waals surface area (Å²) in [5.41, 5.74) is 4.37. The number of hydrogen-bond donors (Lipinski definition) is 2. The molecule has 0 aliphatic heterocycles. The van der Waals surface area contributed by atoms with Crippen molar-refractivity contribution in [2.45, 2.75) is 26.7 Å². The highest BCUT2D eigenvalue weighted by molar-refractivity contribution is 5.95. The largest absolute Gasteiger partial charge is 0.329 e. The van der Waals surface area contributed by atoms with Crippen molar-refractivity contribution in [3.8, 4) is 0 Å². The summed E-state index contributed by atoms with van der Waals surface area (Å²) >= 11 is 0. The zero-order chi connectivity index (χ0) is 14.6. The first kappa shape index (κ1) is 18.7. The Hall–Kier alpha value is -1.27. The molecule has 0 heterocycles. The van der Waals surface area contributed by atoms with E-state index in [1.807, 2.05) is 0 Å². The first-order valence-corrected chi connectivity index (χ1v) is 6.06. The summed E-state index contributed by atoms with van der Waals surface area (Å²) in [6.07, 6.45) is 0.939. The van der Waals surface area contributed by atoms with Crippen molar-refractivity contribution in [3.63, 3.8) is 0 Å². The molecule has 3 N–H and O–H groups in total. The molecule has 0 saturated carbocycles. The van der Waals surface area contributed by atoms with Crippen LogP contribution in [0.25, 0.3) is 0 Å². The molecule has 0 fully saturated rings. The van der Waals surface area contributed by atoms with Crippen molar-refractivity contribution < 1.29 is 18.0 Å². The second-order valence-electron chi connectivity index (χ2n) is 4.39. The van der Waals surface area contributed by atoms with Gasteiger partial charge in [-0.15, -0.1) is 12.4 Å². The third kappa shape index (κ3) is 3.64. The van der Waals surface area contributed by atoms with E-state index in [2.05, 4.69) is 5.32 Å². The van der Waals surface area contributed by atoms with Crippen molar-refractivity contribution in [1.82, 2.24) is 0 Å². The monoisotopic (exact) mass is 310 g/mol. The van der Waals surface area contributed by atoms with Crippen LogP contribution in [0, 0.1) is 22.9 Å². The molecule has 7 heteroatoms. The fraction of sp³-hybridized carbons (Fsp3) is 0.462. The number of carbonyl (C=O) groups excluding carboxylic acids is 1. The Morgan fingerprint density at radius 2 is 1.65 bits per heavy atom. The summed E-state index contributed by atoms with van der Waals surface area (Å²) in [4.78, 5) is 12.1. The van der Waals surface area contributed by atoms with E-state index in [9.17, 15) is 18.0 Å². The quantitative estimate of drug-likeness (QED) is 0.820. The molecular formula is C13H18ClF3N2O. The Balaban J connectivity index is 0.00000361. The van der Waals surface area contributed by atoms with Crippen molar-refractivity contribution in [3.05, 3.63) is 29.6 Å². The van der Waals surface area contributed by atoms with Gasteiger partial charge in [-0.05, 0) is 12.8 Å². The number of rotatable bonds is 5. The van der Waals surface area contributed by atoms with Crippen LogP contribution in [0.5, 0.6) is 0 Å². The van der Waals surface area contributed by atoms with Crippen LogP contribution in [0.1, 0.15) is 26.7 Å². The van der Waals surface area contributed by atoms with E-state index in [-0.39, 0.29) is 24.6 Å². The van der Waals surface area contributed by atoms with E-state index in [0.717, 1.165) is 0 Å².